The standard InChI is InChI=1S/C9H14N2/c1-3-5-8-11-9(4-2)6-7-10/h1,9,11H,4-6,8H2,2H3. The molecule has 1 N–H and O–H groups in total. The molecule has 0 aromatic rings. The number of nitrogens with zero attached hydrogens (tertiary/aromatic N) is 1. The van der Waals surface area contributed by atoms with Crippen LogP contribution in [-0.2, 0) is 0 Å². The number of nitriles is 1. The highest BCUT2D eigenvalue weighted by atomic mass is 14.9. The third-order valence-electron chi connectivity index (χ3n) is 1.53. The lowest BCUT2D eigenvalue weighted by atomic mass is 10.1. The topological polar surface area (TPSA) is 35.8 Å². The highest BCUT2D eigenvalue weighted by Gasteiger charge is 2.01. The van der Waals surface area contributed by atoms with Gasteiger partial charge in [0.05, 0.1) is 12.5 Å². The maximum absolute atomic E-state index is 8.39. The molecule has 0 aliphatic heterocycles. The molecular weight excluding hydrogens is 136 g/mol. The van der Waals surface area contributed by atoms with Crippen LogP contribution in [0.15, 0.2) is 0 Å². The quantitative estimate of drug-likeness (QED) is 0.473. The van der Waals surface area contributed by atoms with Gasteiger partial charge < -0.3 is 5.32 Å². The Kier molecular flexibility index (Phi) is 6.48. The van der Waals surface area contributed by atoms with Crippen molar-refractivity contribution in [1.82, 2.24) is 5.32 Å². The minimum atomic E-state index is 0.313. The largest absolute Gasteiger partial charge is 0.312 e. The van der Waals surface area contributed by atoms with E-state index in [9.17, 15) is 0 Å². The zero-order chi connectivity index (χ0) is 8.53. The van der Waals surface area contributed by atoms with E-state index in [0.717, 1.165) is 19.4 Å². The molecule has 11 heavy (non-hydrogen) atoms. The zero-order valence-corrected chi connectivity index (χ0v) is 6.93. The maximum Gasteiger partial charge on any atom is 0.0638 e. The Morgan fingerprint density at radius 3 is 2.82 bits per heavy atom. The van der Waals surface area contributed by atoms with Crippen LogP contribution in [0.1, 0.15) is 26.2 Å². The van der Waals surface area contributed by atoms with E-state index < -0.39 is 0 Å². The summed E-state index contributed by atoms with van der Waals surface area (Å²) in [6, 6.07) is 2.44. The van der Waals surface area contributed by atoms with E-state index in [1.165, 1.54) is 0 Å². The molecule has 0 fully saturated rings. The highest BCUT2D eigenvalue weighted by molar-refractivity contribution is 4.86. The van der Waals surface area contributed by atoms with Gasteiger partial charge in [-0.15, -0.1) is 12.3 Å². The van der Waals surface area contributed by atoms with Crippen LogP contribution in [0.25, 0.3) is 0 Å². The molecule has 60 valence electrons. The Morgan fingerprint density at radius 1 is 1.64 bits per heavy atom. The van der Waals surface area contributed by atoms with Crippen LogP contribution in [0.2, 0.25) is 0 Å². The molecule has 0 saturated heterocycles. The second-order valence-corrected chi connectivity index (χ2v) is 2.38. The number of hydrogen-bond donors (Lipinski definition) is 1. The van der Waals surface area contributed by atoms with Crippen LogP contribution in [-0.4, -0.2) is 12.6 Å². The molecule has 2 heteroatoms. The second-order valence-electron chi connectivity index (χ2n) is 2.38. The Balaban J connectivity index is 3.39. The van der Waals surface area contributed by atoms with Gasteiger partial charge in [-0.05, 0) is 6.42 Å². The van der Waals surface area contributed by atoms with Crippen molar-refractivity contribution in [3.8, 4) is 18.4 Å². The molecule has 2 nitrogen and oxygen atoms in total. The second kappa shape index (κ2) is 7.12. The molecule has 0 aliphatic carbocycles. The molecule has 0 radical (unpaired) electrons. The SMILES string of the molecule is C#CCCNC(CC)CC#N. The van der Waals surface area contributed by atoms with Gasteiger partial charge in [0.15, 0.2) is 0 Å². The lowest BCUT2D eigenvalue weighted by Crippen LogP contribution is -2.28. The molecule has 0 bridgehead atoms. The predicted molar refractivity (Wildman–Crippen MR) is 45.8 cm³/mol. The van der Waals surface area contributed by atoms with E-state index in [1.54, 1.807) is 0 Å². The molecular formula is C9H14N2. The molecule has 0 saturated carbocycles. The van der Waals surface area contributed by atoms with Crippen LogP contribution in [0.5, 0.6) is 0 Å². The monoisotopic (exact) mass is 150 g/mol. The van der Waals surface area contributed by atoms with Crippen molar-refractivity contribution in [2.45, 2.75) is 32.2 Å². The van der Waals surface area contributed by atoms with E-state index in [4.69, 9.17) is 11.7 Å². The van der Waals surface area contributed by atoms with E-state index in [0.29, 0.717) is 12.5 Å². The minimum absolute atomic E-state index is 0.313. The Hall–Kier alpha value is -0.990. The first-order chi connectivity index (χ1) is 5.35. The third-order valence-corrected chi connectivity index (χ3v) is 1.53. The molecule has 1 unspecified atom stereocenters. The van der Waals surface area contributed by atoms with Crippen molar-refractivity contribution in [3.63, 3.8) is 0 Å². The van der Waals surface area contributed by atoms with Crippen molar-refractivity contribution in [1.29, 1.82) is 5.26 Å². The molecule has 0 aromatic carbocycles. The summed E-state index contributed by atoms with van der Waals surface area (Å²) >= 11 is 0. The van der Waals surface area contributed by atoms with Crippen molar-refractivity contribution < 1.29 is 0 Å². The number of rotatable bonds is 5. The van der Waals surface area contributed by atoms with Gasteiger partial charge in [0.25, 0.3) is 0 Å². The van der Waals surface area contributed by atoms with E-state index in [-0.39, 0.29) is 0 Å². The van der Waals surface area contributed by atoms with Gasteiger partial charge in [0, 0.05) is 19.0 Å². The first kappa shape index (κ1) is 10.0. The van der Waals surface area contributed by atoms with Gasteiger partial charge in [-0.25, -0.2) is 0 Å². The van der Waals surface area contributed by atoms with Crippen LogP contribution in [0.4, 0.5) is 0 Å². The van der Waals surface area contributed by atoms with Crippen LogP contribution in [0, 0.1) is 23.7 Å². The number of terminal acetylenes is 1. The normalized spacial score (nSPS) is 11.5. The Morgan fingerprint density at radius 2 is 2.36 bits per heavy atom. The summed E-state index contributed by atoms with van der Waals surface area (Å²) in [4.78, 5) is 0. The average molecular weight is 150 g/mol. The van der Waals surface area contributed by atoms with Gasteiger partial charge in [0.2, 0.25) is 0 Å². The molecule has 0 aliphatic rings. The molecule has 0 amide bonds. The summed E-state index contributed by atoms with van der Waals surface area (Å²) in [5.41, 5.74) is 0. The van der Waals surface area contributed by atoms with Crippen LogP contribution in [0.3, 0.4) is 0 Å². The van der Waals surface area contributed by atoms with Crippen molar-refractivity contribution in [3.05, 3.63) is 0 Å². The summed E-state index contributed by atoms with van der Waals surface area (Å²) in [5.74, 6) is 2.54. The van der Waals surface area contributed by atoms with E-state index in [2.05, 4.69) is 24.2 Å². The fourth-order valence-corrected chi connectivity index (χ4v) is 0.819. The molecule has 0 aromatic heterocycles. The van der Waals surface area contributed by atoms with Crippen molar-refractivity contribution in [2.24, 2.45) is 0 Å². The van der Waals surface area contributed by atoms with E-state index in [1.807, 2.05) is 0 Å². The fourth-order valence-electron chi connectivity index (χ4n) is 0.819. The predicted octanol–water partition coefficient (Wildman–Crippen LogP) is 1.29. The zero-order valence-electron chi connectivity index (χ0n) is 6.93. The summed E-state index contributed by atoms with van der Waals surface area (Å²) in [6.07, 6.45) is 7.37. The first-order valence-electron chi connectivity index (χ1n) is 3.89. The highest BCUT2D eigenvalue weighted by Crippen LogP contribution is 1.95. The smallest absolute Gasteiger partial charge is 0.0638 e. The number of hydrogen-bond acceptors (Lipinski definition) is 2. The summed E-state index contributed by atoms with van der Waals surface area (Å²) in [6.45, 7) is 2.88. The molecule has 0 heterocycles. The van der Waals surface area contributed by atoms with Crippen LogP contribution >= 0.6 is 0 Å². The van der Waals surface area contributed by atoms with Gasteiger partial charge in [-0.1, -0.05) is 6.92 Å². The molecule has 0 spiro atoms. The van der Waals surface area contributed by atoms with Gasteiger partial charge in [-0.2, -0.15) is 5.26 Å². The Labute approximate surface area is 68.6 Å². The van der Waals surface area contributed by atoms with Gasteiger partial charge >= 0.3 is 0 Å². The van der Waals surface area contributed by atoms with Crippen LogP contribution < -0.4 is 5.32 Å². The van der Waals surface area contributed by atoms with E-state index >= 15 is 0 Å². The minimum Gasteiger partial charge on any atom is -0.312 e. The van der Waals surface area contributed by atoms with Gasteiger partial charge in [0.1, 0.15) is 0 Å². The lowest BCUT2D eigenvalue weighted by Gasteiger charge is -2.11. The molecule has 0 rings (SSSR count). The summed E-state index contributed by atoms with van der Waals surface area (Å²) in [5, 5.41) is 11.6. The summed E-state index contributed by atoms with van der Waals surface area (Å²) < 4.78 is 0. The third kappa shape index (κ3) is 5.45. The first-order valence-corrected chi connectivity index (χ1v) is 3.89. The molecule has 1 atom stereocenters. The van der Waals surface area contributed by atoms with Crippen molar-refractivity contribution in [2.75, 3.05) is 6.54 Å². The number of nitrogens with one attached hydrogen (secondary N) is 1. The lowest BCUT2D eigenvalue weighted by molar-refractivity contribution is 0.513. The fraction of sp³-hybridized carbons (Fsp3) is 0.667. The maximum atomic E-state index is 8.39. The summed E-state index contributed by atoms with van der Waals surface area (Å²) in [7, 11) is 0. The van der Waals surface area contributed by atoms with Gasteiger partial charge in [-0.3, -0.25) is 0 Å². The average Bonchev–Trinajstić information content (AvgIpc) is 2.03. The van der Waals surface area contributed by atoms with Crippen molar-refractivity contribution >= 4 is 0 Å². The Bertz CT molecular complexity index is 161.